The molecule has 3 heteroatoms. The standard InChI is InChI=1S/C13H19IOS/c1-16(14,15,12-8-4-2-5-9-12)13-10-6-3-7-11-13/h2,4-5,8-9,13,15H,1,3,6-7,10-11H2. The molecule has 0 spiro atoms. The van der Waals surface area contributed by atoms with Gasteiger partial charge in [-0.1, -0.05) is 49.5 Å². The van der Waals surface area contributed by atoms with Crippen LogP contribution in [0, 0.1) is 0 Å². The van der Waals surface area contributed by atoms with Crippen molar-refractivity contribution in [3.05, 3.63) is 30.3 Å². The number of hydrogen-bond acceptors (Lipinski definition) is 1. The van der Waals surface area contributed by atoms with Crippen molar-refractivity contribution in [3.8, 4) is 0 Å². The smallest absolute Gasteiger partial charge is 0.0169 e. The molecule has 16 heavy (non-hydrogen) atoms. The Morgan fingerprint density at radius 3 is 2.25 bits per heavy atom. The Kier molecular flexibility index (Phi) is 3.48. The lowest BCUT2D eigenvalue weighted by Gasteiger charge is -2.46. The van der Waals surface area contributed by atoms with Crippen molar-refractivity contribution >= 4 is 33.3 Å². The summed E-state index contributed by atoms with van der Waals surface area (Å²) in [5.41, 5.74) is 0. The van der Waals surface area contributed by atoms with Crippen LogP contribution in [0.4, 0.5) is 0 Å². The van der Waals surface area contributed by atoms with Crippen molar-refractivity contribution in [3.63, 3.8) is 0 Å². The van der Waals surface area contributed by atoms with Gasteiger partial charge in [-0.05, 0) is 46.2 Å². The molecule has 1 aromatic carbocycles. The molecule has 0 unspecified atom stereocenters. The van der Waals surface area contributed by atoms with Gasteiger partial charge in [0.2, 0.25) is 0 Å². The van der Waals surface area contributed by atoms with Gasteiger partial charge in [-0.2, -0.15) is 0 Å². The van der Waals surface area contributed by atoms with Crippen LogP contribution in [-0.4, -0.2) is 15.7 Å². The van der Waals surface area contributed by atoms with E-state index in [-0.39, 0.29) is 0 Å². The van der Waals surface area contributed by atoms with Gasteiger partial charge >= 0.3 is 0 Å². The molecule has 0 amide bonds. The Bertz CT molecular complexity index is 415. The molecule has 1 fully saturated rings. The SMILES string of the molecule is C=S(O)(I)(c1ccccc1)C1CCCCC1. The second-order valence-corrected chi connectivity index (χ2v) is 13.9. The van der Waals surface area contributed by atoms with Crippen LogP contribution >= 0.6 is 27.4 Å². The van der Waals surface area contributed by atoms with E-state index in [9.17, 15) is 4.55 Å². The summed E-state index contributed by atoms with van der Waals surface area (Å²) in [4.78, 5) is 1.03. The minimum absolute atomic E-state index is 0.369. The first kappa shape index (κ1) is 12.6. The lowest BCUT2D eigenvalue weighted by Crippen LogP contribution is -2.22. The van der Waals surface area contributed by atoms with E-state index in [2.05, 4.69) is 27.1 Å². The van der Waals surface area contributed by atoms with Crippen LogP contribution in [-0.2, 0) is 0 Å². The second kappa shape index (κ2) is 4.42. The molecule has 1 saturated carbocycles. The molecule has 1 aromatic rings. The molecule has 90 valence electrons. The predicted molar refractivity (Wildman–Crippen MR) is 82.9 cm³/mol. The molecular formula is C13H19IOS. The van der Waals surface area contributed by atoms with Crippen LogP contribution in [0.5, 0.6) is 0 Å². The normalized spacial score (nSPS) is 21.2. The average Bonchev–Trinajstić information content (AvgIpc) is 2.31. The predicted octanol–water partition coefficient (Wildman–Crippen LogP) is 4.97. The van der Waals surface area contributed by atoms with Crippen LogP contribution in [0.3, 0.4) is 0 Å². The van der Waals surface area contributed by atoms with Crippen LogP contribution in [0.25, 0.3) is 0 Å². The molecule has 0 radical (unpaired) electrons. The molecule has 1 N–H and O–H groups in total. The summed E-state index contributed by atoms with van der Waals surface area (Å²) < 4.78 is 11.1. The molecule has 2 rings (SSSR count). The molecule has 1 nitrogen and oxygen atoms in total. The lowest BCUT2D eigenvalue weighted by atomic mass is 10.0. The molecule has 0 bridgehead atoms. The third kappa shape index (κ3) is 2.36. The summed E-state index contributed by atoms with van der Waals surface area (Å²) in [6.45, 7) is 0. The number of rotatable bonds is 2. The quantitative estimate of drug-likeness (QED) is 0.590. The summed E-state index contributed by atoms with van der Waals surface area (Å²) in [6, 6.07) is 10.0. The van der Waals surface area contributed by atoms with E-state index < -0.39 is 6.20 Å². The first-order chi connectivity index (χ1) is 7.49. The number of halogens is 1. The molecule has 0 aliphatic heterocycles. The zero-order valence-corrected chi connectivity index (χ0v) is 12.4. The molecule has 1 aliphatic carbocycles. The topological polar surface area (TPSA) is 20.2 Å². The summed E-state index contributed by atoms with van der Waals surface area (Å²) in [7, 11) is 0. The van der Waals surface area contributed by atoms with Gasteiger partial charge in [0.25, 0.3) is 0 Å². The molecule has 0 atom stereocenters. The van der Waals surface area contributed by atoms with Crippen LogP contribution < -0.4 is 0 Å². The lowest BCUT2D eigenvalue weighted by molar-refractivity contribution is 0.491. The third-order valence-electron chi connectivity index (χ3n) is 3.47. The van der Waals surface area contributed by atoms with Crippen molar-refractivity contribution in [2.24, 2.45) is 0 Å². The highest BCUT2D eigenvalue weighted by Crippen LogP contribution is 2.73. The van der Waals surface area contributed by atoms with Gasteiger partial charge in [-0.3, -0.25) is 0 Å². The van der Waals surface area contributed by atoms with Gasteiger partial charge in [0.1, 0.15) is 0 Å². The fourth-order valence-electron chi connectivity index (χ4n) is 2.44. The summed E-state index contributed by atoms with van der Waals surface area (Å²) in [5.74, 6) is 4.25. The number of benzene rings is 1. The van der Waals surface area contributed by atoms with Crippen molar-refractivity contribution < 1.29 is 4.55 Å². The molecule has 1 aliphatic rings. The van der Waals surface area contributed by atoms with Gasteiger partial charge in [0.15, 0.2) is 0 Å². The highest BCUT2D eigenvalue weighted by molar-refractivity contribution is 14.2. The first-order valence-corrected chi connectivity index (χ1v) is 10.6. The molecule has 0 heterocycles. The Morgan fingerprint density at radius 1 is 1.12 bits per heavy atom. The van der Waals surface area contributed by atoms with Gasteiger partial charge in [-0.15, -0.1) is 0 Å². The maximum Gasteiger partial charge on any atom is 0.0169 e. The van der Waals surface area contributed by atoms with Crippen LogP contribution in [0.2, 0.25) is 0 Å². The van der Waals surface area contributed by atoms with E-state index in [1.54, 1.807) is 0 Å². The van der Waals surface area contributed by atoms with Crippen molar-refractivity contribution in [2.75, 3.05) is 0 Å². The Labute approximate surface area is 110 Å². The second-order valence-electron chi connectivity index (χ2n) is 4.67. The molecule has 0 aromatic heterocycles. The van der Waals surface area contributed by atoms with Gasteiger partial charge in [-0.25, -0.2) is 0 Å². The highest BCUT2D eigenvalue weighted by Gasteiger charge is 2.36. The van der Waals surface area contributed by atoms with E-state index >= 15 is 0 Å². The minimum Gasteiger partial charge on any atom is -0.344 e. The zero-order chi connectivity index (χ0) is 11.7. The Morgan fingerprint density at radius 2 is 1.69 bits per heavy atom. The Balaban J connectivity index is 2.37. The fraction of sp³-hybridized carbons (Fsp3) is 0.462. The average molecular weight is 350 g/mol. The zero-order valence-electron chi connectivity index (χ0n) is 9.44. The summed E-state index contributed by atoms with van der Waals surface area (Å²) in [6.07, 6.45) is 3.37. The molecular weight excluding hydrogens is 331 g/mol. The van der Waals surface area contributed by atoms with Gasteiger partial charge < -0.3 is 4.55 Å². The highest BCUT2D eigenvalue weighted by atomic mass is 127. The van der Waals surface area contributed by atoms with E-state index in [1.807, 2.05) is 30.3 Å². The summed E-state index contributed by atoms with van der Waals surface area (Å²) in [5, 5.41) is 0.369. The van der Waals surface area contributed by atoms with E-state index in [0.717, 1.165) is 17.7 Å². The largest absolute Gasteiger partial charge is 0.344 e. The molecule has 0 saturated heterocycles. The Hall–Kier alpha value is 0.130. The van der Waals surface area contributed by atoms with Crippen molar-refractivity contribution in [1.82, 2.24) is 0 Å². The van der Waals surface area contributed by atoms with Crippen molar-refractivity contribution in [1.29, 1.82) is 0 Å². The van der Waals surface area contributed by atoms with E-state index in [4.69, 9.17) is 0 Å². The maximum atomic E-state index is 11.1. The van der Waals surface area contributed by atoms with E-state index in [1.165, 1.54) is 19.3 Å². The maximum absolute atomic E-state index is 11.1. The monoisotopic (exact) mass is 350 g/mol. The fourth-order valence-corrected chi connectivity index (χ4v) is 7.26. The van der Waals surface area contributed by atoms with Gasteiger partial charge in [0, 0.05) is 10.1 Å². The third-order valence-corrected chi connectivity index (χ3v) is 10.2. The van der Waals surface area contributed by atoms with Crippen LogP contribution in [0.15, 0.2) is 35.2 Å². The summed E-state index contributed by atoms with van der Waals surface area (Å²) >= 11 is 2.25. The van der Waals surface area contributed by atoms with Crippen LogP contribution in [0.1, 0.15) is 32.1 Å². The minimum atomic E-state index is -2.67. The number of hydrogen-bond donors (Lipinski definition) is 1. The first-order valence-electron chi connectivity index (χ1n) is 5.79. The van der Waals surface area contributed by atoms with Crippen molar-refractivity contribution in [2.45, 2.75) is 42.2 Å². The van der Waals surface area contributed by atoms with Gasteiger partial charge in [0.05, 0.1) is 0 Å². The van der Waals surface area contributed by atoms with E-state index in [0.29, 0.717) is 5.25 Å².